The van der Waals surface area contributed by atoms with Gasteiger partial charge in [-0.05, 0) is 49.8 Å². The van der Waals surface area contributed by atoms with Crippen LogP contribution >= 0.6 is 0 Å². The molecular weight excluding hydrogens is 226 g/mol. The van der Waals surface area contributed by atoms with Gasteiger partial charge >= 0.3 is 0 Å². The number of H-pyrrole nitrogens is 1. The molecule has 18 heavy (non-hydrogen) atoms. The van der Waals surface area contributed by atoms with Gasteiger partial charge in [-0.25, -0.2) is 0 Å². The molecule has 1 fully saturated rings. The number of anilines is 1. The van der Waals surface area contributed by atoms with Crippen LogP contribution in [0.25, 0.3) is 10.9 Å². The largest absolute Gasteiger partial charge is 0.398 e. The van der Waals surface area contributed by atoms with Crippen molar-refractivity contribution in [3.63, 3.8) is 0 Å². The molecule has 1 aliphatic heterocycles. The molecule has 1 aromatic heterocycles. The first-order valence-corrected chi connectivity index (χ1v) is 6.55. The van der Waals surface area contributed by atoms with E-state index in [9.17, 15) is 0 Å². The van der Waals surface area contributed by atoms with E-state index in [1.54, 1.807) is 0 Å². The average molecular weight is 245 g/mol. The molecule has 1 aromatic carbocycles. The summed E-state index contributed by atoms with van der Waals surface area (Å²) in [7, 11) is 0. The average Bonchev–Trinajstić information content (AvgIpc) is 2.74. The molecule has 96 valence electrons. The van der Waals surface area contributed by atoms with Crippen LogP contribution in [0.5, 0.6) is 0 Å². The third-order valence-corrected chi connectivity index (χ3v) is 3.85. The maximum atomic E-state index is 5.91. The number of ether oxygens (including phenoxy) is 1. The van der Waals surface area contributed by atoms with Crippen molar-refractivity contribution in [2.45, 2.75) is 26.2 Å². The number of nitrogen functional groups attached to an aromatic ring is 1. The number of aryl methyl sites for hydroxylation is 1. The van der Waals surface area contributed by atoms with Gasteiger partial charge in [0.2, 0.25) is 0 Å². The number of aromatic nitrogens is 2. The van der Waals surface area contributed by atoms with E-state index >= 15 is 0 Å². The van der Waals surface area contributed by atoms with Crippen LogP contribution < -0.4 is 5.73 Å². The van der Waals surface area contributed by atoms with Crippen LogP contribution in [0.3, 0.4) is 0 Å². The molecule has 2 aromatic rings. The number of nitrogens with two attached hydrogens (primary N) is 1. The highest BCUT2D eigenvalue weighted by Gasteiger charge is 2.17. The molecule has 0 spiro atoms. The Morgan fingerprint density at radius 1 is 1.39 bits per heavy atom. The van der Waals surface area contributed by atoms with Crippen molar-refractivity contribution < 1.29 is 4.74 Å². The second-order valence-corrected chi connectivity index (χ2v) is 5.19. The van der Waals surface area contributed by atoms with E-state index in [1.807, 2.05) is 13.0 Å². The third kappa shape index (κ3) is 2.08. The standard InChI is InChI=1S/C14H19N3O/c1-9-6-11-13(7-10-2-4-18-5-3-10)16-17-14(11)8-12(9)15/h6,8,10H,2-5,7,15H2,1H3,(H,16,17). The van der Waals surface area contributed by atoms with Crippen molar-refractivity contribution in [2.75, 3.05) is 18.9 Å². The lowest BCUT2D eigenvalue weighted by molar-refractivity contribution is 0.0663. The number of nitrogens with one attached hydrogen (secondary N) is 1. The Bertz CT molecular complexity index is 555. The van der Waals surface area contributed by atoms with Gasteiger partial charge in [-0.15, -0.1) is 0 Å². The molecule has 0 amide bonds. The Hall–Kier alpha value is -1.55. The molecule has 4 nitrogen and oxygen atoms in total. The summed E-state index contributed by atoms with van der Waals surface area (Å²) in [6.45, 7) is 3.82. The molecule has 0 aliphatic carbocycles. The summed E-state index contributed by atoms with van der Waals surface area (Å²) in [5.41, 5.74) is 10.1. The van der Waals surface area contributed by atoms with Crippen molar-refractivity contribution in [3.05, 3.63) is 23.4 Å². The van der Waals surface area contributed by atoms with Gasteiger partial charge in [-0.1, -0.05) is 0 Å². The molecule has 0 unspecified atom stereocenters. The van der Waals surface area contributed by atoms with Crippen molar-refractivity contribution in [2.24, 2.45) is 5.92 Å². The van der Waals surface area contributed by atoms with E-state index in [2.05, 4.69) is 16.3 Å². The lowest BCUT2D eigenvalue weighted by Crippen LogP contribution is -2.17. The van der Waals surface area contributed by atoms with Crippen molar-refractivity contribution in [3.8, 4) is 0 Å². The first kappa shape index (κ1) is 11.5. The number of nitrogens with zero attached hydrogens (tertiary/aromatic N) is 1. The zero-order valence-electron chi connectivity index (χ0n) is 10.7. The molecule has 2 heterocycles. The number of hydrogen-bond acceptors (Lipinski definition) is 3. The van der Waals surface area contributed by atoms with Gasteiger partial charge in [0.05, 0.1) is 5.52 Å². The third-order valence-electron chi connectivity index (χ3n) is 3.85. The highest BCUT2D eigenvalue weighted by molar-refractivity contribution is 5.85. The lowest BCUT2D eigenvalue weighted by Gasteiger charge is -2.21. The van der Waals surface area contributed by atoms with Crippen LogP contribution in [-0.2, 0) is 11.2 Å². The summed E-state index contributed by atoms with van der Waals surface area (Å²) in [5, 5.41) is 8.73. The van der Waals surface area contributed by atoms with Gasteiger partial charge in [0.15, 0.2) is 0 Å². The van der Waals surface area contributed by atoms with Gasteiger partial charge in [0.25, 0.3) is 0 Å². The Morgan fingerprint density at radius 2 is 2.17 bits per heavy atom. The summed E-state index contributed by atoms with van der Waals surface area (Å²) in [6, 6.07) is 4.09. The van der Waals surface area contributed by atoms with E-state index in [4.69, 9.17) is 10.5 Å². The first-order valence-electron chi connectivity index (χ1n) is 6.55. The zero-order chi connectivity index (χ0) is 12.5. The normalized spacial score (nSPS) is 17.4. The molecule has 4 heteroatoms. The van der Waals surface area contributed by atoms with Crippen LogP contribution in [0.1, 0.15) is 24.1 Å². The molecular formula is C14H19N3O. The zero-order valence-corrected chi connectivity index (χ0v) is 10.7. The van der Waals surface area contributed by atoms with Crippen LogP contribution in [0.2, 0.25) is 0 Å². The van der Waals surface area contributed by atoms with E-state index in [0.29, 0.717) is 5.92 Å². The minimum absolute atomic E-state index is 0.709. The van der Waals surface area contributed by atoms with E-state index in [-0.39, 0.29) is 0 Å². The van der Waals surface area contributed by atoms with Gasteiger partial charge in [-0.2, -0.15) is 5.10 Å². The maximum absolute atomic E-state index is 5.91. The fourth-order valence-electron chi connectivity index (χ4n) is 2.63. The Kier molecular flexibility index (Phi) is 2.96. The highest BCUT2D eigenvalue weighted by atomic mass is 16.5. The van der Waals surface area contributed by atoms with Crippen LogP contribution in [-0.4, -0.2) is 23.4 Å². The van der Waals surface area contributed by atoms with E-state index in [0.717, 1.165) is 49.2 Å². The van der Waals surface area contributed by atoms with E-state index < -0.39 is 0 Å². The number of benzene rings is 1. The molecule has 0 atom stereocenters. The molecule has 0 bridgehead atoms. The van der Waals surface area contributed by atoms with Gasteiger partial charge in [-0.3, -0.25) is 5.10 Å². The van der Waals surface area contributed by atoms with E-state index in [1.165, 1.54) is 11.1 Å². The van der Waals surface area contributed by atoms with Gasteiger partial charge in [0.1, 0.15) is 0 Å². The molecule has 1 saturated heterocycles. The Morgan fingerprint density at radius 3 is 2.94 bits per heavy atom. The summed E-state index contributed by atoms with van der Waals surface area (Å²) in [4.78, 5) is 0. The SMILES string of the molecule is Cc1cc2c(CC3CCOCC3)[nH]nc2cc1N. The number of fused-ring (bicyclic) bond motifs is 1. The monoisotopic (exact) mass is 245 g/mol. The van der Waals surface area contributed by atoms with Gasteiger partial charge in [0, 0.05) is 30.0 Å². The second kappa shape index (κ2) is 4.61. The highest BCUT2D eigenvalue weighted by Crippen LogP contribution is 2.26. The van der Waals surface area contributed by atoms with Crippen LogP contribution in [0, 0.1) is 12.8 Å². The summed E-state index contributed by atoms with van der Waals surface area (Å²) in [6.07, 6.45) is 3.35. The Labute approximate surface area is 107 Å². The number of hydrogen-bond donors (Lipinski definition) is 2. The summed E-state index contributed by atoms with van der Waals surface area (Å²) in [5.74, 6) is 0.709. The molecule has 3 N–H and O–H groups in total. The minimum atomic E-state index is 0.709. The number of rotatable bonds is 2. The topological polar surface area (TPSA) is 63.9 Å². The smallest absolute Gasteiger partial charge is 0.0944 e. The first-order chi connectivity index (χ1) is 8.74. The number of aromatic amines is 1. The van der Waals surface area contributed by atoms with Gasteiger partial charge < -0.3 is 10.5 Å². The van der Waals surface area contributed by atoms with Crippen molar-refractivity contribution in [1.82, 2.24) is 10.2 Å². The maximum Gasteiger partial charge on any atom is 0.0944 e. The quantitative estimate of drug-likeness (QED) is 0.799. The Balaban J connectivity index is 1.89. The predicted octanol–water partition coefficient (Wildman–Crippen LogP) is 2.42. The molecule has 0 radical (unpaired) electrons. The molecule has 3 rings (SSSR count). The van der Waals surface area contributed by atoms with Crippen molar-refractivity contribution in [1.29, 1.82) is 0 Å². The molecule has 1 aliphatic rings. The fourth-order valence-corrected chi connectivity index (χ4v) is 2.63. The second-order valence-electron chi connectivity index (χ2n) is 5.19. The summed E-state index contributed by atoms with van der Waals surface area (Å²) < 4.78 is 5.40. The lowest BCUT2D eigenvalue weighted by atomic mass is 9.93. The molecule has 0 saturated carbocycles. The minimum Gasteiger partial charge on any atom is -0.398 e. The van der Waals surface area contributed by atoms with Crippen LogP contribution in [0.15, 0.2) is 12.1 Å². The van der Waals surface area contributed by atoms with Crippen molar-refractivity contribution >= 4 is 16.6 Å². The summed E-state index contributed by atoms with van der Waals surface area (Å²) >= 11 is 0. The predicted molar refractivity (Wildman–Crippen MR) is 72.5 cm³/mol. The van der Waals surface area contributed by atoms with Crippen LogP contribution in [0.4, 0.5) is 5.69 Å². The fraction of sp³-hybridized carbons (Fsp3) is 0.500.